The third-order valence-electron chi connectivity index (χ3n) is 3.91. The molecule has 0 saturated carbocycles. The number of hydrogen-bond donors (Lipinski definition) is 2. The van der Waals surface area contributed by atoms with Crippen LogP contribution >= 0.6 is 0 Å². The standard InChI is InChI=1S/C18H29N3O2/c1-14(2)12-21-8-9-23-17(13-21)11-20-18(22)19-10-16-6-4-15(3)5-7-16/h4-7,14,17H,8-13H2,1-3H3,(H2,19,20,22)/t17-/m1/s1. The molecule has 0 bridgehead atoms. The summed E-state index contributed by atoms with van der Waals surface area (Å²) in [6, 6.07) is 8.02. The van der Waals surface area contributed by atoms with Gasteiger partial charge in [0.15, 0.2) is 0 Å². The van der Waals surface area contributed by atoms with Crippen LogP contribution in [0, 0.1) is 12.8 Å². The maximum Gasteiger partial charge on any atom is 0.315 e. The minimum Gasteiger partial charge on any atom is -0.374 e. The summed E-state index contributed by atoms with van der Waals surface area (Å²) in [5, 5.41) is 5.79. The van der Waals surface area contributed by atoms with Crippen molar-refractivity contribution in [2.24, 2.45) is 5.92 Å². The molecule has 0 spiro atoms. The highest BCUT2D eigenvalue weighted by atomic mass is 16.5. The van der Waals surface area contributed by atoms with Gasteiger partial charge in [-0.1, -0.05) is 43.7 Å². The Morgan fingerprint density at radius 1 is 1.30 bits per heavy atom. The van der Waals surface area contributed by atoms with Gasteiger partial charge in [-0.3, -0.25) is 4.90 Å². The Kier molecular flexibility index (Phi) is 6.86. The van der Waals surface area contributed by atoms with E-state index in [1.54, 1.807) is 0 Å². The summed E-state index contributed by atoms with van der Waals surface area (Å²) in [5.41, 5.74) is 2.32. The van der Waals surface area contributed by atoms with E-state index in [0.29, 0.717) is 19.0 Å². The Labute approximate surface area is 139 Å². The van der Waals surface area contributed by atoms with Crippen LogP contribution in [0.25, 0.3) is 0 Å². The van der Waals surface area contributed by atoms with Crippen LogP contribution in [0.15, 0.2) is 24.3 Å². The predicted octanol–water partition coefficient (Wildman–Crippen LogP) is 2.15. The van der Waals surface area contributed by atoms with Gasteiger partial charge >= 0.3 is 6.03 Å². The normalized spacial score (nSPS) is 18.9. The summed E-state index contributed by atoms with van der Waals surface area (Å²) in [4.78, 5) is 14.3. The monoisotopic (exact) mass is 319 g/mol. The van der Waals surface area contributed by atoms with Gasteiger partial charge < -0.3 is 15.4 Å². The molecule has 1 heterocycles. The maximum atomic E-state index is 11.9. The van der Waals surface area contributed by atoms with E-state index >= 15 is 0 Å². The zero-order valence-electron chi connectivity index (χ0n) is 14.5. The van der Waals surface area contributed by atoms with Crippen LogP contribution in [0.3, 0.4) is 0 Å². The molecular formula is C18H29N3O2. The lowest BCUT2D eigenvalue weighted by Gasteiger charge is -2.33. The summed E-state index contributed by atoms with van der Waals surface area (Å²) < 4.78 is 5.73. The number of rotatable bonds is 6. The Bertz CT molecular complexity index is 488. The fraction of sp³-hybridized carbons (Fsp3) is 0.611. The number of morpholine rings is 1. The second-order valence-electron chi connectivity index (χ2n) is 6.70. The van der Waals surface area contributed by atoms with Crippen molar-refractivity contribution >= 4 is 6.03 Å². The van der Waals surface area contributed by atoms with E-state index < -0.39 is 0 Å². The number of aryl methyl sites for hydroxylation is 1. The number of carbonyl (C=O) groups excluding carboxylic acids is 1. The molecule has 0 aliphatic carbocycles. The first-order valence-corrected chi connectivity index (χ1v) is 8.44. The van der Waals surface area contributed by atoms with Crippen molar-refractivity contribution in [3.8, 4) is 0 Å². The second kappa shape index (κ2) is 8.89. The van der Waals surface area contributed by atoms with E-state index in [1.165, 1.54) is 5.56 Å². The van der Waals surface area contributed by atoms with Crippen LogP contribution in [0.1, 0.15) is 25.0 Å². The minimum atomic E-state index is -0.143. The SMILES string of the molecule is Cc1ccc(CNC(=O)NC[C@@H]2CN(CC(C)C)CCO2)cc1. The molecule has 2 N–H and O–H groups in total. The lowest BCUT2D eigenvalue weighted by molar-refractivity contribution is -0.0290. The molecule has 1 aromatic rings. The molecule has 1 aliphatic heterocycles. The van der Waals surface area contributed by atoms with E-state index in [-0.39, 0.29) is 12.1 Å². The third-order valence-corrected chi connectivity index (χ3v) is 3.91. The Morgan fingerprint density at radius 2 is 2.04 bits per heavy atom. The van der Waals surface area contributed by atoms with Gasteiger partial charge in [0, 0.05) is 32.7 Å². The minimum absolute atomic E-state index is 0.0765. The van der Waals surface area contributed by atoms with Crippen LogP contribution in [-0.4, -0.2) is 49.8 Å². The van der Waals surface area contributed by atoms with Crippen LogP contribution < -0.4 is 10.6 Å². The molecule has 5 nitrogen and oxygen atoms in total. The number of benzene rings is 1. The molecule has 1 saturated heterocycles. The fourth-order valence-electron chi connectivity index (χ4n) is 2.74. The molecular weight excluding hydrogens is 290 g/mol. The average molecular weight is 319 g/mol. The lowest BCUT2D eigenvalue weighted by atomic mass is 10.1. The fourth-order valence-corrected chi connectivity index (χ4v) is 2.74. The van der Waals surface area contributed by atoms with Gasteiger partial charge in [-0.2, -0.15) is 0 Å². The number of urea groups is 1. The highest BCUT2D eigenvalue weighted by Crippen LogP contribution is 2.07. The molecule has 1 aromatic carbocycles. The van der Waals surface area contributed by atoms with Crippen molar-refractivity contribution in [3.63, 3.8) is 0 Å². The van der Waals surface area contributed by atoms with E-state index in [2.05, 4.69) is 36.3 Å². The van der Waals surface area contributed by atoms with Crippen molar-refractivity contribution in [3.05, 3.63) is 35.4 Å². The summed E-state index contributed by atoms with van der Waals surface area (Å²) >= 11 is 0. The van der Waals surface area contributed by atoms with Crippen LogP contribution in [-0.2, 0) is 11.3 Å². The molecule has 1 aliphatic rings. The molecule has 1 atom stereocenters. The molecule has 5 heteroatoms. The Balaban J connectivity index is 1.66. The van der Waals surface area contributed by atoms with Gasteiger partial charge in [-0.25, -0.2) is 4.79 Å². The highest BCUT2D eigenvalue weighted by Gasteiger charge is 2.21. The molecule has 0 unspecified atom stereocenters. The van der Waals surface area contributed by atoms with Crippen molar-refractivity contribution < 1.29 is 9.53 Å². The lowest BCUT2D eigenvalue weighted by Crippen LogP contribution is -2.49. The van der Waals surface area contributed by atoms with Gasteiger partial charge in [-0.15, -0.1) is 0 Å². The summed E-state index contributed by atoms with van der Waals surface area (Å²) in [7, 11) is 0. The molecule has 1 fully saturated rings. The third kappa shape index (κ3) is 6.59. The first kappa shape index (κ1) is 17.8. The Hall–Kier alpha value is -1.59. The first-order valence-electron chi connectivity index (χ1n) is 8.44. The molecule has 23 heavy (non-hydrogen) atoms. The molecule has 0 aromatic heterocycles. The molecule has 2 amide bonds. The van der Waals surface area contributed by atoms with E-state index in [1.807, 2.05) is 24.3 Å². The largest absolute Gasteiger partial charge is 0.374 e. The summed E-state index contributed by atoms with van der Waals surface area (Å²) in [6.07, 6.45) is 0.0765. The summed E-state index contributed by atoms with van der Waals surface area (Å²) in [5.74, 6) is 0.652. The summed E-state index contributed by atoms with van der Waals surface area (Å²) in [6.45, 7) is 11.3. The zero-order valence-corrected chi connectivity index (χ0v) is 14.5. The average Bonchev–Trinajstić information content (AvgIpc) is 2.52. The second-order valence-corrected chi connectivity index (χ2v) is 6.70. The van der Waals surface area contributed by atoms with Crippen molar-refractivity contribution in [1.29, 1.82) is 0 Å². The first-order chi connectivity index (χ1) is 11.0. The number of ether oxygens (including phenoxy) is 1. The van der Waals surface area contributed by atoms with Crippen LogP contribution in [0.2, 0.25) is 0 Å². The van der Waals surface area contributed by atoms with Crippen LogP contribution in [0.4, 0.5) is 4.79 Å². The topological polar surface area (TPSA) is 53.6 Å². The van der Waals surface area contributed by atoms with E-state index in [0.717, 1.165) is 31.8 Å². The smallest absolute Gasteiger partial charge is 0.315 e. The predicted molar refractivity (Wildman–Crippen MR) is 92.4 cm³/mol. The van der Waals surface area contributed by atoms with Gasteiger partial charge in [0.05, 0.1) is 12.7 Å². The number of carbonyl (C=O) groups is 1. The number of nitrogens with zero attached hydrogens (tertiary/aromatic N) is 1. The van der Waals surface area contributed by atoms with E-state index in [9.17, 15) is 4.79 Å². The van der Waals surface area contributed by atoms with Gasteiger partial charge in [0.2, 0.25) is 0 Å². The van der Waals surface area contributed by atoms with Crippen LogP contribution in [0.5, 0.6) is 0 Å². The van der Waals surface area contributed by atoms with E-state index in [4.69, 9.17) is 4.74 Å². The maximum absolute atomic E-state index is 11.9. The van der Waals surface area contributed by atoms with Gasteiger partial charge in [0.1, 0.15) is 0 Å². The number of hydrogen-bond acceptors (Lipinski definition) is 3. The molecule has 0 radical (unpaired) electrons. The van der Waals surface area contributed by atoms with Crippen molar-refractivity contribution in [2.75, 3.05) is 32.8 Å². The Morgan fingerprint density at radius 3 is 2.74 bits per heavy atom. The zero-order chi connectivity index (χ0) is 16.7. The number of amides is 2. The quantitative estimate of drug-likeness (QED) is 0.845. The number of nitrogens with one attached hydrogen (secondary N) is 2. The van der Waals surface area contributed by atoms with Gasteiger partial charge in [-0.05, 0) is 18.4 Å². The molecule has 2 rings (SSSR count). The van der Waals surface area contributed by atoms with Crippen molar-refractivity contribution in [1.82, 2.24) is 15.5 Å². The highest BCUT2D eigenvalue weighted by molar-refractivity contribution is 5.73. The molecule has 128 valence electrons. The van der Waals surface area contributed by atoms with Gasteiger partial charge in [0.25, 0.3) is 0 Å². The van der Waals surface area contributed by atoms with Crippen molar-refractivity contribution in [2.45, 2.75) is 33.4 Å².